The maximum absolute atomic E-state index is 13.7. The molecule has 0 aliphatic rings. The first-order chi connectivity index (χ1) is 15.7. The van der Waals surface area contributed by atoms with Gasteiger partial charge in [0.05, 0.1) is 11.9 Å². The summed E-state index contributed by atoms with van der Waals surface area (Å²) in [5.74, 6) is -0.704. The number of benzene rings is 2. The van der Waals surface area contributed by atoms with Gasteiger partial charge in [0.15, 0.2) is 0 Å². The lowest BCUT2D eigenvalue weighted by molar-refractivity contribution is -0.141. The van der Waals surface area contributed by atoms with Gasteiger partial charge >= 0.3 is 0 Å². The quantitative estimate of drug-likeness (QED) is 0.583. The van der Waals surface area contributed by atoms with Gasteiger partial charge in [-0.25, -0.2) is 8.42 Å². The van der Waals surface area contributed by atoms with Crippen LogP contribution >= 0.6 is 0 Å². The second kappa shape index (κ2) is 11.0. The van der Waals surface area contributed by atoms with Crippen molar-refractivity contribution in [1.82, 2.24) is 10.2 Å². The number of hydrogen-bond acceptors (Lipinski definition) is 4. The second-order valence-electron chi connectivity index (χ2n) is 9.72. The zero-order valence-corrected chi connectivity index (χ0v) is 22.1. The minimum Gasteiger partial charge on any atom is -0.350 e. The van der Waals surface area contributed by atoms with E-state index in [0.717, 1.165) is 27.3 Å². The van der Waals surface area contributed by atoms with Gasteiger partial charge in [0.1, 0.15) is 12.6 Å². The van der Waals surface area contributed by atoms with Crippen LogP contribution in [0.3, 0.4) is 0 Å². The van der Waals surface area contributed by atoms with Gasteiger partial charge in [-0.3, -0.25) is 13.9 Å². The van der Waals surface area contributed by atoms with E-state index in [1.165, 1.54) is 4.90 Å². The highest BCUT2D eigenvalue weighted by Gasteiger charge is 2.33. The van der Waals surface area contributed by atoms with Gasteiger partial charge in [0, 0.05) is 12.1 Å². The smallest absolute Gasteiger partial charge is 0.244 e. The number of nitrogens with zero attached hydrogens (tertiary/aromatic N) is 2. The molecule has 186 valence electrons. The van der Waals surface area contributed by atoms with E-state index in [9.17, 15) is 18.0 Å². The molecule has 0 aromatic heterocycles. The molecule has 0 bridgehead atoms. The zero-order chi connectivity index (χ0) is 25.7. The highest BCUT2D eigenvalue weighted by atomic mass is 32.2. The molecular formula is C26H37N3O4S. The van der Waals surface area contributed by atoms with E-state index in [0.29, 0.717) is 12.1 Å². The van der Waals surface area contributed by atoms with E-state index in [4.69, 9.17) is 0 Å². The fourth-order valence-electron chi connectivity index (χ4n) is 3.74. The molecule has 34 heavy (non-hydrogen) atoms. The number of aryl methyl sites for hydroxylation is 2. The maximum Gasteiger partial charge on any atom is 0.244 e. The Hall–Kier alpha value is -2.87. The number of hydrogen-bond donors (Lipinski definition) is 1. The van der Waals surface area contributed by atoms with Crippen LogP contribution in [0.25, 0.3) is 0 Å². The van der Waals surface area contributed by atoms with Crippen LogP contribution in [0.2, 0.25) is 0 Å². The summed E-state index contributed by atoms with van der Waals surface area (Å²) in [6.07, 6.45) is 1.47. The average molecular weight is 488 g/mol. The molecule has 0 spiro atoms. The van der Waals surface area contributed by atoms with Crippen LogP contribution < -0.4 is 9.62 Å². The molecule has 0 saturated heterocycles. The molecule has 1 atom stereocenters. The van der Waals surface area contributed by atoms with Crippen molar-refractivity contribution < 1.29 is 18.0 Å². The fraction of sp³-hybridized carbons (Fsp3) is 0.462. The average Bonchev–Trinajstić information content (AvgIpc) is 2.70. The molecule has 8 heteroatoms. The van der Waals surface area contributed by atoms with Crippen LogP contribution in [0, 0.1) is 13.8 Å². The molecule has 2 aromatic rings. The van der Waals surface area contributed by atoms with Gasteiger partial charge in [0.25, 0.3) is 0 Å². The summed E-state index contributed by atoms with van der Waals surface area (Å²) in [4.78, 5) is 28.4. The van der Waals surface area contributed by atoms with Crippen molar-refractivity contribution in [3.63, 3.8) is 0 Å². The first-order valence-corrected chi connectivity index (χ1v) is 13.3. The Balaban J connectivity index is 2.48. The van der Waals surface area contributed by atoms with Gasteiger partial charge in [-0.05, 0) is 69.9 Å². The highest BCUT2D eigenvalue weighted by Crippen LogP contribution is 2.21. The molecule has 0 fully saturated rings. The van der Waals surface area contributed by atoms with Crippen molar-refractivity contribution in [2.75, 3.05) is 17.1 Å². The van der Waals surface area contributed by atoms with Crippen LogP contribution in [0.1, 0.15) is 50.8 Å². The van der Waals surface area contributed by atoms with Crippen molar-refractivity contribution in [3.8, 4) is 0 Å². The SMILES string of the molecule is CC[C@H](C(=O)NC(C)(C)C)N(Cc1ccccc1C)C(=O)CN(c1cccc(C)c1)S(C)(=O)=O. The van der Waals surface area contributed by atoms with Crippen LogP contribution in [-0.4, -0.2) is 49.5 Å². The Bertz CT molecular complexity index is 1120. The molecule has 7 nitrogen and oxygen atoms in total. The Morgan fingerprint density at radius 2 is 1.68 bits per heavy atom. The van der Waals surface area contributed by atoms with Gasteiger partial charge in [0.2, 0.25) is 21.8 Å². The zero-order valence-electron chi connectivity index (χ0n) is 21.3. The summed E-state index contributed by atoms with van der Waals surface area (Å²) in [7, 11) is -3.74. The van der Waals surface area contributed by atoms with Gasteiger partial charge in [-0.1, -0.05) is 43.3 Å². The Labute approximate surface area is 204 Å². The highest BCUT2D eigenvalue weighted by molar-refractivity contribution is 7.92. The number of carbonyl (C=O) groups excluding carboxylic acids is 2. The van der Waals surface area contributed by atoms with E-state index in [-0.39, 0.29) is 12.5 Å². The maximum atomic E-state index is 13.7. The number of amides is 2. The molecule has 2 aromatic carbocycles. The largest absolute Gasteiger partial charge is 0.350 e. The molecule has 2 amide bonds. The minimum absolute atomic E-state index is 0.201. The minimum atomic E-state index is -3.74. The summed E-state index contributed by atoms with van der Waals surface area (Å²) in [5.41, 5.74) is 2.72. The van der Waals surface area contributed by atoms with E-state index in [2.05, 4.69) is 5.32 Å². The number of rotatable bonds is 9. The topological polar surface area (TPSA) is 86.8 Å². The molecule has 2 rings (SSSR count). The molecule has 0 saturated carbocycles. The Kier molecular flexibility index (Phi) is 8.89. The second-order valence-corrected chi connectivity index (χ2v) is 11.6. The Morgan fingerprint density at radius 1 is 1.03 bits per heavy atom. The summed E-state index contributed by atoms with van der Waals surface area (Å²) in [5, 5.41) is 2.96. The lowest BCUT2D eigenvalue weighted by Crippen LogP contribution is -2.55. The normalized spacial score (nSPS) is 12.7. The predicted octanol–water partition coefficient (Wildman–Crippen LogP) is 3.79. The lowest BCUT2D eigenvalue weighted by Gasteiger charge is -2.34. The summed E-state index contributed by atoms with van der Waals surface area (Å²) in [6, 6.07) is 13.9. The third-order valence-electron chi connectivity index (χ3n) is 5.45. The van der Waals surface area contributed by atoms with Gasteiger partial charge < -0.3 is 10.2 Å². The molecule has 0 unspecified atom stereocenters. The molecular weight excluding hydrogens is 450 g/mol. The first-order valence-electron chi connectivity index (χ1n) is 11.4. The predicted molar refractivity (Wildman–Crippen MR) is 137 cm³/mol. The van der Waals surface area contributed by atoms with E-state index in [1.54, 1.807) is 18.2 Å². The third kappa shape index (κ3) is 7.58. The van der Waals surface area contributed by atoms with E-state index in [1.807, 2.05) is 71.9 Å². The number of nitrogens with one attached hydrogen (secondary N) is 1. The molecule has 0 aliphatic heterocycles. The van der Waals surface area contributed by atoms with Crippen LogP contribution in [0.5, 0.6) is 0 Å². The molecule has 1 N–H and O–H groups in total. The van der Waals surface area contributed by atoms with Crippen molar-refractivity contribution in [2.45, 2.75) is 66.1 Å². The Morgan fingerprint density at radius 3 is 2.21 bits per heavy atom. The lowest BCUT2D eigenvalue weighted by atomic mass is 10.0. The molecule has 0 radical (unpaired) electrons. The summed E-state index contributed by atoms with van der Waals surface area (Å²) < 4.78 is 26.4. The van der Waals surface area contributed by atoms with Crippen molar-refractivity contribution in [1.29, 1.82) is 0 Å². The van der Waals surface area contributed by atoms with Crippen molar-refractivity contribution in [3.05, 3.63) is 65.2 Å². The fourth-order valence-corrected chi connectivity index (χ4v) is 4.58. The van der Waals surface area contributed by atoms with Crippen LogP contribution in [0.4, 0.5) is 5.69 Å². The van der Waals surface area contributed by atoms with Crippen LogP contribution in [0.15, 0.2) is 48.5 Å². The standard InChI is InChI=1S/C26H37N3O4S/c1-8-23(25(31)27-26(4,5)6)28(17-21-14-10-9-13-20(21)3)24(30)18-29(34(7,32)33)22-15-11-12-19(2)16-22/h9-16,23H,8,17-18H2,1-7H3,(H,27,31)/t23-/m1/s1. The number of carbonyl (C=O) groups is 2. The van der Waals surface area contributed by atoms with Gasteiger partial charge in [-0.15, -0.1) is 0 Å². The monoisotopic (exact) mass is 487 g/mol. The van der Waals surface area contributed by atoms with E-state index < -0.39 is 34.1 Å². The van der Waals surface area contributed by atoms with Crippen molar-refractivity contribution in [2.24, 2.45) is 0 Å². The molecule has 0 aliphatic carbocycles. The van der Waals surface area contributed by atoms with E-state index >= 15 is 0 Å². The number of anilines is 1. The summed E-state index contributed by atoms with van der Waals surface area (Å²) in [6.45, 7) is 11.1. The van der Waals surface area contributed by atoms with Gasteiger partial charge in [-0.2, -0.15) is 0 Å². The molecule has 0 heterocycles. The van der Waals surface area contributed by atoms with Crippen LogP contribution in [-0.2, 0) is 26.2 Å². The number of sulfonamides is 1. The van der Waals surface area contributed by atoms with Crippen molar-refractivity contribution >= 4 is 27.5 Å². The third-order valence-corrected chi connectivity index (χ3v) is 6.60. The first kappa shape index (κ1) is 27.4. The summed E-state index contributed by atoms with van der Waals surface area (Å²) >= 11 is 0.